The third kappa shape index (κ3) is 5.32. The van der Waals surface area contributed by atoms with Crippen molar-refractivity contribution in [3.8, 4) is 0 Å². The molecular formula is C16H15BrF2N2O3S. The van der Waals surface area contributed by atoms with Crippen molar-refractivity contribution < 1.29 is 23.5 Å². The van der Waals surface area contributed by atoms with Gasteiger partial charge in [0.1, 0.15) is 11.6 Å². The van der Waals surface area contributed by atoms with E-state index in [1.54, 1.807) is 12.1 Å². The Hall–Kier alpha value is -1.84. The van der Waals surface area contributed by atoms with Gasteiger partial charge in [-0.1, -0.05) is 6.07 Å². The minimum absolute atomic E-state index is 0.116. The van der Waals surface area contributed by atoms with Gasteiger partial charge in [0.2, 0.25) is 5.91 Å². The first kappa shape index (κ1) is 19.5. The van der Waals surface area contributed by atoms with Gasteiger partial charge in [-0.15, -0.1) is 11.3 Å². The number of thiophene rings is 1. The Balaban J connectivity index is 1.86. The number of carbonyl (C=O) groups excluding carboxylic acids is 2. The maximum atomic E-state index is 13.6. The van der Waals surface area contributed by atoms with Crippen molar-refractivity contribution in [2.75, 3.05) is 20.1 Å². The molecule has 1 unspecified atom stereocenters. The summed E-state index contributed by atoms with van der Waals surface area (Å²) in [6.45, 7) is -0.471. The van der Waals surface area contributed by atoms with Gasteiger partial charge in [-0.05, 0) is 34.1 Å². The van der Waals surface area contributed by atoms with Gasteiger partial charge in [-0.2, -0.15) is 0 Å². The average molecular weight is 433 g/mol. The van der Waals surface area contributed by atoms with Crippen molar-refractivity contribution in [2.24, 2.45) is 0 Å². The fourth-order valence-corrected chi connectivity index (χ4v) is 3.43. The summed E-state index contributed by atoms with van der Waals surface area (Å²) in [4.78, 5) is 25.7. The lowest BCUT2D eigenvalue weighted by molar-refractivity contribution is -0.122. The van der Waals surface area contributed by atoms with Crippen molar-refractivity contribution in [1.29, 1.82) is 0 Å². The van der Waals surface area contributed by atoms with Crippen LogP contribution < -0.4 is 5.32 Å². The molecule has 1 atom stereocenters. The van der Waals surface area contributed by atoms with Gasteiger partial charge in [-0.3, -0.25) is 9.59 Å². The second kappa shape index (κ2) is 8.50. The second-order valence-electron chi connectivity index (χ2n) is 5.25. The van der Waals surface area contributed by atoms with Crippen LogP contribution in [0, 0.1) is 11.6 Å². The Bertz CT molecular complexity index is 784. The van der Waals surface area contributed by atoms with Gasteiger partial charge >= 0.3 is 0 Å². The van der Waals surface area contributed by atoms with Crippen molar-refractivity contribution in [3.63, 3.8) is 0 Å². The number of hydrogen-bond donors (Lipinski definition) is 2. The molecule has 0 bridgehead atoms. The van der Waals surface area contributed by atoms with Gasteiger partial charge < -0.3 is 15.3 Å². The van der Waals surface area contributed by atoms with E-state index in [-0.39, 0.29) is 24.6 Å². The van der Waals surface area contributed by atoms with Gasteiger partial charge in [0, 0.05) is 25.2 Å². The van der Waals surface area contributed by atoms with E-state index in [9.17, 15) is 23.5 Å². The van der Waals surface area contributed by atoms with E-state index >= 15 is 0 Å². The summed E-state index contributed by atoms with van der Waals surface area (Å²) < 4.78 is 27.2. The molecule has 2 aromatic rings. The number of likely N-dealkylation sites (N-methyl/N-ethyl adjacent to an activating group) is 1. The molecule has 0 spiro atoms. The smallest absolute Gasteiger partial charge is 0.264 e. The zero-order valence-electron chi connectivity index (χ0n) is 13.1. The molecule has 0 aliphatic rings. The molecule has 0 radical (unpaired) electrons. The van der Waals surface area contributed by atoms with Crippen LogP contribution in [0.3, 0.4) is 0 Å². The summed E-state index contributed by atoms with van der Waals surface area (Å²) in [6, 6.07) is 6.18. The van der Waals surface area contributed by atoms with Crippen LogP contribution in [0.25, 0.3) is 0 Å². The maximum absolute atomic E-state index is 13.6. The quantitative estimate of drug-likeness (QED) is 0.736. The number of hydrogen-bond acceptors (Lipinski definition) is 4. The summed E-state index contributed by atoms with van der Waals surface area (Å²) in [5.41, 5.74) is -0.116. The predicted molar refractivity (Wildman–Crippen MR) is 93.3 cm³/mol. The standard InChI is InChI=1S/C16H15BrF2N2O3S/c1-21(16(24)13-4-5-14(17)25-13)8-15(23)20-7-12(22)10-3-2-9(18)6-11(10)19/h2-6,12,22H,7-8H2,1H3,(H,20,23). The Morgan fingerprint density at radius 1 is 1.32 bits per heavy atom. The lowest BCUT2D eigenvalue weighted by Crippen LogP contribution is -2.39. The monoisotopic (exact) mass is 432 g/mol. The number of carbonyl (C=O) groups is 2. The highest BCUT2D eigenvalue weighted by Crippen LogP contribution is 2.23. The van der Waals surface area contributed by atoms with Crippen LogP contribution in [0.4, 0.5) is 8.78 Å². The molecule has 1 aromatic heterocycles. The lowest BCUT2D eigenvalue weighted by atomic mass is 10.1. The van der Waals surface area contributed by atoms with Crippen LogP contribution in [-0.4, -0.2) is 42.0 Å². The number of aliphatic hydroxyl groups is 1. The van der Waals surface area contributed by atoms with Crippen LogP contribution in [0.15, 0.2) is 34.1 Å². The van der Waals surface area contributed by atoms with E-state index in [0.717, 1.165) is 15.9 Å². The van der Waals surface area contributed by atoms with E-state index < -0.39 is 23.6 Å². The number of aliphatic hydroxyl groups excluding tert-OH is 1. The third-order valence-electron chi connectivity index (χ3n) is 3.33. The number of rotatable bonds is 6. The normalized spacial score (nSPS) is 11.9. The van der Waals surface area contributed by atoms with Crippen molar-refractivity contribution >= 4 is 39.1 Å². The Kier molecular flexibility index (Phi) is 6.63. The van der Waals surface area contributed by atoms with Crippen LogP contribution in [0.1, 0.15) is 21.3 Å². The molecule has 0 fully saturated rings. The molecule has 0 aliphatic carbocycles. The molecule has 134 valence electrons. The summed E-state index contributed by atoms with van der Waals surface area (Å²) in [5, 5.41) is 12.3. The molecule has 1 heterocycles. The fourth-order valence-electron chi connectivity index (χ4n) is 2.05. The highest BCUT2D eigenvalue weighted by molar-refractivity contribution is 9.11. The van der Waals surface area contributed by atoms with Crippen LogP contribution >= 0.6 is 27.3 Å². The minimum Gasteiger partial charge on any atom is -0.386 e. The molecule has 25 heavy (non-hydrogen) atoms. The topological polar surface area (TPSA) is 69.6 Å². The third-order valence-corrected chi connectivity index (χ3v) is 4.94. The van der Waals surface area contributed by atoms with Gasteiger partial charge in [0.25, 0.3) is 5.91 Å². The Morgan fingerprint density at radius 3 is 2.64 bits per heavy atom. The molecule has 2 N–H and O–H groups in total. The van der Waals surface area contributed by atoms with Gasteiger partial charge in [0.05, 0.1) is 21.3 Å². The summed E-state index contributed by atoms with van der Waals surface area (Å²) >= 11 is 4.51. The maximum Gasteiger partial charge on any atom is 0.264 e. The van der Waals surface area contributed by atoms with Crippen molar-refractivity contribution in [2.45, 2.75) is 6.10 Å². The first-order valence-electron chi connectivity index (χ1n) is 7.18. The zero-order chi connectivity index (χ0) is 18.6. The summed E-state index contributed by atoms with van der Waals surface area (Å²) in [5.74, 6) is -2.46. The minimum atomic E-state index is -1.32. The molecule has 9 heteroatoms. The van der Waals surface area contributed by atoms with Gasteiger partial charge in [-0.25, -0.2) is 8.78 Å². The van der Waals surface area contributed by atoms with Crippen LogP contribution in [-0.2, 0) is 4.79 Å². The fraction of sp³-hybridized carbons (Fsp3) is 0.250. The summed E-state index contributed by atoms with van der Waals surface area (Å²) in [6.07, 6.45) is -1.32. The number of halogens is 3. The van der Waals surface area contributed by atoms with Crippen LogP contribution in [0.5, 0.6) is 0 Å². The first-order valence-corrected chi connectivity index (χ1v) is 8.79. The van der Waals surface area contributed by atoms with E-state index in [1.165, 1.54) is 23.3 Å². The molecule has 0 saturated heterocycles. The zero-order valence-corrected chi connectivity index (χ0v) is 15.5. The number of benzene rings is 1. The highest BCUT2D eigenvalue weighted by Gasteiger charge is 2.18. The average Bonchev–Trinajstić information content (AvgIpc) is 2.98. The van der Waals surface area contributed by atoms with E-state index in [4.69, 9.17) is 0 Å². The Morgan fingerprint density at radius 2 is 2.04 bits per heavy atom. The molecule has 1 aromatic carbocycles. The molecule has 5 nitrogen and oxygen atoms in total. The number of amides is 2. The largest absolute Gasteiger partial charge is 0.386 e. The molecular weight excluding hydrogens is 418 g/mol. The van der Waals surface area contributed by atoms with Crippen molar-refractivity contribution in [1.82, 2.24) is 10.2 Å². The molecule has 0 aliphatic heterocycles. The van der Waals surface area contributed by atoms with E-state index in [2.05, 4.69) is 21.2 Å². The van der Waals surface area contributed by atoms with Crippen molar-refractivity contribution in [3.05, 3.63) is 56.2 Å². The van der Waals surface area contributed by atoms with E-state index in [0.29, 0.717) is 10.9 Å². The molecule has 2 amide bonds. The first-order chi connectivity index (χ1) is 11.8. The van der Waals surface area contributed by atoms with Gasteiger partial charge in [0.15, 0.2) is 0 Å². The highest BCUT2D eigenvalue weighted by atomic mass is 79.9. The molecule has 0 saturated carbocycles. The predicted octanol–water partition coefficient (Wildman–Crippen LogP) is 2.71. The molecule has 2 rings (SSSR count). The lowest BCUT2D eigenvalue weighted by Gasteiger charge is -2.17. The van der Waals surface area contributed by atoms with Crippen LogP contribution in [0.2, 0.25) is 0 Å². The number of nitrogens with zero attached hydrogens (tertiary/aromatic N) is 1. The number of nitrogens with one attached hydrogen (secondary N) is 1. The summed E-state index contributed by atoms with van der Waals surface area (Å²) in [7, 11) is 1.48. The van der Waals surface area contributed by atoms with E-state index in [1.807, 2.05) is 0 Å². The second-order valence-corrected chi connectivity index (χ2v) is 7.71. The SMILES string of the molecule is CN(CC(=O)NCC(O)c1ccc(F)cc1F)C(=O)c1ccc(Br)s1. The Labute approximate surface area is 155 Å².